The summed E-state index contributed by atoms with van der Waals surface area (Å²) in [5.74, 6) is 0.0156. The zero-order valence-electron chi connectivity index (χ0n) is 10.5. The van der Waals surface area contributed by atoms with Crippen LogP contribution < -0.4 is 10.6 Å². The first-order valence-corrected chi connectivity index (χ1v) is 5.86. The van der Waals surface area contributed by atoms with Gasteiger partial charge in [-0.1, -0.05) is 18.2 Å². The molecular weight excluding hydrogens is 245 g/mol. The van der Waals surface area contributed by atoms with Crippen molar-refractivity contribution in [3.63, 3.8) is 0 Å². The van der Waals surface area contributed by atoms with E-state index in [1.165, 1.54) is 12.1 Å². The maximum atomic E-state index is 13.0. The zero-order valence-corrected chi connectivity index (χ0v) is 10.5. The molecule has 0 radical (unpaired) electrons. The number of hydrogen-bond donors (Lipinski definition) is 2. The fraction of sp³-hybridized carbons (Fsp3) is 0.143. The lowest BCUT2D eigenvalue weighted by Crippen LogP contribution is -2.24. The van der Waals surface area contributed by atoms with Crippen molar-refractivity contribution in [1.29, 1.82) is 0 Å². The first kappa shape index (κ1) is 13.0. The number of rotatable bonds is 4. The van der Waals surface area contributed by atoms with Gasteiger partial charge in [0.1, 0.15) is 17.3 Å². The van der Waals surface area contributed by atoms with Crippen LogP contribution >= 0.6 is 0 Å². The fourth-order valence-electron chi connectivity index (χ4n) is 1.62. The highest BCUT2D eigenvalue weighted by Gasteiger charge is 2.07. The number of nitrogens with zero attached hydrogens (tertiary/aromatic N) is 1. The Balaban J connectivity index is 2.01. The molecule has 19 heavy (non-hydrogen) atoms. The highest BCUT2D eigenvalue weighted by Crippen LogP contribution is 2.05. The molecule has 0 saturated carbocycles. The highest BCUT2D eigenvalue weighted by molar-refractivity contribution is 5.92. The first-order valence-electron chi connectivity index (χ1n) is 5.86. The smallest absolute Gasteiger partial charge is 0.270 e. The second kappa shape index (κ2) is 5.95. The van der Waals surface area contributed by atoms with Gasteiger partial charge in [0, 0.05) is 13.6 Å². The normalized spacial score (nSPS) is 10.0. The lowest BCUT2D eigenvalue weighted by atomic mass is 10.2. The van der Waals surface area contributed by atoms with E-state index < -0.39 is 0 Å². The third-order valence-corrected chi connectivity index (χ3v) is 2.58. The van der Waals surface area contributed by atoms with Gasteiger partial charge >= 0.3 is 0 Å². The van der Waals surface area contributed by atoms with Crippen LogP contribution in [-0.2, 0) is 6.54 Å². The van der Waals surface area contributed by atoms with Crippen LogP contribution in [0.2, 0.25) is 0 Å². The maximum absolute atomic E-state index is 13.0. The summed E-state index contributed by atoms with van der Waals surface area (Å²) in [5, 5.41) is 5.56. The Kier molecular flexibility index (Phi) is 4.07. The molecule has 0 atom stereocenters. The molecule has 0 aliphatic carbocycles. The molecule has 2 rings (SSSR count). The summed E-state index contributed by atoms with van der Waals surface area (Å²) in [5.41, 5.74) is 1.03. The summed E-state index contributed by atoms with van der Waals surface area (Å²) in [7, 11) is 1.73. The summed E-state index contributed by atoms with van der Waals surface area (Å²) in [6.07, 6.45) is 0. The van der Waals surface area contributed by atoms with Crippen molar-refractivity contribution in [3.8, 4) is 0 Å². The van der Waals surface area contributed by atoms with E-state index in [9.17, 15) is 9.18 Å². The molecule has 0 bridgehead atoms. The minimum absolute atomic E-state index is 0.266. The molecule has 4 nitrogen and oxygen atoms in total. The van der Waals surface area contributed by atoms with Gasteiger partial charge in [0.05, 0.1) is 0 Å². The molecule has 0 aliphatic heterocycles. The summed E-state index contributed by atoms with van der Waals surface area (Å²) in [6.45, 7) is 0.266. The molecule has 2 aromatic rings. The van der Waals surface area contributed by atoms with Crippen molar-refractivity contribution in [2.45, 2.75) is 6.54 Å². The number of amides is 1. The second-order valence-corrected chi connectivity index (χ2v) is 3.97. The van der Waals surface area contributed by atoms with Gasteiger partial charge in [0.2, 0.25) is 0 Å². The van der Waals surface area contributed by atoms with Crippen molar-refractivity contribution in [2.75, 3.05) is 12.4 Å². The number of hydrogen-bond acceptors (Lipinski definition) is 3. The molecule has 0 aliphatic rings. The fourth-order valence-corrected chi connectivity index (χ4v) is 1.62. The van der Waals surface area contributed by atoms with E-state index in [1.54, 1.807) is 37.4 Å². The molecule has 1 amide bonds. The number of carbonyl (C=O) groups is 1. The van der Waals surface area contributed by atoms with Gasteiger partial charge in [-0.3, -0.25) is 4.79 Å². The molecule has 0 spiro atoms. The van der Waals surface area contributed by atoms with E-state index >= 15 is 0 Å². The number of halogens is 1. The minimum Gasteiger partial charge on any atom is -0.373 e. The number of anilines is 1. The monoisotopic (exact) mass is 259 g/mol. The van der Waals surface area contributed by atoms with Gasteiger partial charge in [-0.25, -0.2) is 9.37 Å². The molecule has 5 heteroatoms. The van der Waals surface area contributed by atoms with Crippen LogP contribution in [-0.4, -0.2) is 17.9 Å². The Morgan fingerprint density at radius 2 is 2.05 bits per heavy atom. The predicted octanol–water partition coefficient (Wildman–Crippen LogP) is 2.19. The third-order valence-electron chi connectivity index (χ3n) is 2.58. The number of pyridine rings is 1. The van der Waals surface area contributed by atoms with Crippen LogP contribution in [0.15, 0.2) is 42.5 Å². The van der Waals surface area contributed by atoms with Crippen LogP contribution in [0.5, 0.6) is 0 Å². The Morgan fingerprint density at radius 1 is 1.26 bits per heavy atom. The van der Waals surface area contributed by atoms with Crippen LogP contribution in [0.25, 0.3) is 0 Å². The van der Waals surface area contributed by atoms with E-state index in [0.717, 1.165) is 0 Å². The van der Waals surface area contributed by atoms with E-state index in [2.05, 4.69) is 15.6 Å². The third kappa shape index (κ3) is 3.51. The predicted molar refractivity (Wildman–Crippen MR) is 71.4 cm³/mol. The minimum atomic E-state index is -0.318. The molecular formula is C14H14FN3O. The molecule has 0 fully saturated rings. The molecule has 2 N–H and O–H groups in total. The maximum Gasteiger partial charge on any atom is 0.270 e. The zero-order chi connectivity index (χ0) is 13.7. The number of carbonyl (C=O) groups excluding carboxylic acids is 1. The molecule has 0 unspecified atom stereocenters. The summed E-state index contributed by atoms with van der Waals surface area (Å²) < 4.78 is 13.0. The molecule has 1 heterocycles. The topological polar surface area (TPSA) is 54.0 Å². The Hall–Kier alpha value is -2.43. The summed E-state index contributed by atoms with van der Waals surface area (Å²) in [6, 6.07) is 11.2. The lowest BCUT2D eigenvalue weighted by Gasteiger charge is -2.06. The quantitative estimate of drug-likeness (QED) is 0.885. The number of aromatic nitrogens is 1. The molecule has 1 aromatic heterocycles. The molecule has 98 valence electrons. The Labute approximate surface area is 110 Å². The van der Waals surface area contributed by atoms with Crippen LogP contribution in [0.1, 0.15) is 16.1 Å². The lowest BCUT2D eigenvalue weighted by molar-refractivity contribution is 0.0946. The van der Waals surface area contributed by atoms with Crippen LogP contribution in [0, 0.1) is 5.82 Å². The van der Waals surface area contributed by atoms with Crippen molar-refractivity contribution in [1.82, 2.24) is 10.3 Å². The van der Waals surface area contributed by atoms with Crippen LogP contribution in [0.3, 0.4) is 0 Å². The van der Waals surface area contributed by atoms with Gasteiger partial charge in [-0.05, 0) is 29.8 Å². The Morgan fingerprint density at radius 3 is 2.79 bits per heavy atom. The van der Waals surface area contributed by atoms with Gasteiger partial charge < -0.3 is 10.6 Å². The second-order valence-electron chi connectivity index (χ2n) is 3.97. The van der Waals surface area contributed by atoms with E-state index in [-0.39, 0.29) is 18.3 Å². The van der Waals surface area contributed by atoms with Crippen molar-refractivity contribution >= 4 is 11.7 Å². The SMILES string of the molecule is CNc1cccc(C(=O)NCc2cccc(F)c2)n1. The highest BCUT2D eigenvalue weighted by atomic mass is 19.1. The standard InChI is InChI=1S/C14H14FN3O/c1-16-13-7-3-6-12(18-13)14(19)17-9-10-4-2-5-11(15)8-10/h2-8H,9H2,1H3,(H,16,18)(H,17,19). The van der Waals surface area contributed by atoms with Crippen molar-refractivity contribution < 1.29 is 9.18 Å². The van der Waals surface area contributed by atoms with Crippen molar-refractivity contribution in [2.24, 2.45) is 0 Å². The van der Waals surface area contributed by atoms with Gasteiger partial charge in [-0.2, -0.15) is 0 Å². The number of benzene rings is 1. The van der Waals surface area contributed by atoms with Gasteiger partial charge in [0.25, 0.3) is 5.91 Å². The largest absolute Gasteiger partial charge is 0.373 e. The van der Waals surface area contributed by atoms with E-state index in [0.29, 0.717) is 17.1 Å². The average Bonchev–Trinajstić information content (AvgIpc) is 2.45. The first-order chi connectivity index (χ1) is 9.19. The van der Waals surface area contributed by atoms with E-state index in [4.69, 9.17) is 0 Å². The average molecular weight is 259 g/mol. The number of nitrogens with one attached hydrogen (secondary N) is 2. The van der Waals surface area contributed by atoms with E-state index in [1.807, 2.05) is 0 Å². The summed E-state index contributed by atoms with van der Waals surface area (Å²) in [4.78, 5) is 16.0. The molecule has 1 aromatic carbocycles. The Bertz CT molecular complexity index is 586. The van der Waals surface area contributed by atoms with Crippen LogP contribution in [0.4, 0.5) is 10.2 Å². The molecule has 0 saturated heterocycles. The van der Waals surface area contributed by atoms with Crippen molar-refractivity contribution in [3.05, 3.63) is 59.5 Å². The summed E-state index contributed by atoms with van der Waals surface area (Å²) >= 11 is 0. The van der Waals surface area contributed by atoms with Gasteiger partial charge in [0.15, 0.2) is 0 Å². The van der Waals surface area contributed by atoms with Gasteiger partial charge in [-0.15, -0.1) is 0 Å².